The number of fused-ring (bicyclic) bond motifs is 1. The number of carbonyl (C=O) groups is 1. The zero-order chi connectivity index (χ0) is 20.4. The van der Waals surface area contributed by atoms with E-state index in [4.69, 9.17) is 28.9 Å². The van der Waals surface area contributed by atoms with Gasteiger partial charge in [-0.25, -0.2) is 9.31 Å². The second kappa shape index (κ2) is 8.49. The molecule has 152 valence electrons. The molecule has 2 N–H and O–H groups in total. The molecule has 2 aromatic heterocycles. The molecule has 1 aliphatic heterocycles. The van der Waals surface area contributed by atoms with Gasteiger partial charge < -0.3 is 10.6 Å². The molecule has 0 radical (unpaired) electrons. The molecule has 3 heterocycles. The Kier molecular flexibility index (Phi) is 5.80. The lowest BCUT2D eigenvalue weighted by Crippen LogP contribution is -2.49. The molecule has 9 heteroatoms. The SMILES string of the molecule is NC(=O)N(CCN1CCN(c2cccc(Cl)c2Cl)CC1)c1cnn2ccccc12. The zero-order valence-corrected chi connectivity index (χ0v) is 17.4. The van der Waals surface area contributed by atoms with Gasteiger partial charge in [0, 0.05) is 45.5 Å². The molecule has 29 heavy (non-hydrogen) atoms. The second-order valence-corrected chi connectivity index (χ2v) is 7.74. The lowest BCUT2D eigenvalue weighted by atomic mass is 10.2. The maximum atomic E-state index is 12.1. The number of halogens is 2. The van der Waals surface area contributed by atoms with Crippen LogP contribution in [0.5, 0.6) is 0 Å². The number of rotatable bonds is 5. The first-order valence-electron chi connectivity index (χ1n) is 9.45. The number of nitrogens with two attached hydrogens (primary N) is 1. The van der Waals surface area contributed by atoms with Gasteiger partial charge in [-0.2, -0.15) is 5.10 Å². The van der Waals surface area contributed by atoms with Gasteiger partial charge in [-0.05, 0) is 24.3 Å². The van der Waals surface area contributed by atoms with Gasteiger partial charge in [-0.15, -0.1) is 0 Å². The van der Waals surface area contributed by atoms with Gasteiger partial charge in [-0.3, -0.25) is 9.80 Å². The van der Waals surface area contributed by atoms with Crippen molar-refractivity contribution in [3.05, 3.63) is 58.8 Å². The smallest absolute Gasteiger partial charge is 0.319 e. The fraction of sp³-hybridized carbons (Fsp3) is 0.300. The quantitative estimate of drug-likeness (QED) is 0.670. The number of carbonyl (C=O) groups excluding carboxylic acids is 1. The third kappa shape index (κ3) is 4.12. The highest BCUT2D eigenvalue weighted by molar-refractivity contribution is 6.43. The fourth-order valence-corrected chi connectivity index (χ4v) is 4.08. The van der Waals surface area contributed by atoms with Gasteiger partial charge in [0.05, 0.1) is 33.1 Å². The van der Waals surface area contributed by atoms with Crippen LogP contribution in [-0.2, 0) is 0 Å². The summed E-state index contributed by atoms with van der Waals surface area (Å²) in [6.07, 6.45) is 3.53. The summed E-state index contributed by atoms with van der Waals surface area (Å²) in [5.74, 6) is 0. The fourth-order valence-electron chi connectivity index (χ4n) is 3.67. The summed E-state index contributed by atoms with van der Waals surface area (Å²) in [5.41, 5.74) is 8.20. The highest BCUT2D eigenvalue weighted by Gasteiger charge is 2.22. The van der Waals surface area contributed by atoms with E-state index < -0.39 is 6.03 Å². The van der Waals surface area contributed by atoms with E-state index in [9.17, 15) is 4.79 Å². The molecule has 0 atom stereocenters. The molecule has 1 saturated heterocycles. The van der Waals surface area contributed by atoms with Gasteiger partial charge >= 0.3 is 6.03 Å². The van der Waals surface area contributed by atoms with Gasteiger partial charge in [0.1, 0.15) is 0 Å². The van der Waals surface area contributed by atoms with Crippen molar-refractivity contribution in [3.8, 4) is 0 Å². The van der Waals surface area contributed by atoms with Gasteiger partial charge in [0.25, 0.3) is 0 Å². The summed E-state index contributed by atoms with van der Waals surface area (Å²) in [6, 6.07) is 11.0. The highest BCUT2D eigenvalue weighted by Crippen LogP contribution is 2.32. The van der Waals surface area contributed by atoms with Crippen LogP contribution in [0.25, 0.3) is 5.52 Å². The normalized spacial score (nSPS) is 15.0. The number of piperazine rings is 1. The summed E-state index contributed by atoms with van der Waals surface area (Å²) in [6.45, 7) is 4.64. The molecule has 2 amide bonds. The molecule has 0 spiro atoms. The van der Waals surface area contributed by atoms with E-state index in [1.165, 1.54) is 0 Å². The molecule has 1 aromatic carbocycles. The minimum absolute atomic E-state index is 0.479. The largest absolute Gasteiger partial charge is 0.368 e. The van der Waals surface area contributed by atoms with E-state index in [2.05, 4.69) is 14.9 Å². The molecule has 0 unspecified atom stereocenters. The standard InChI is InChI=1S/C20H22Cl2N6O/c21-15-4-3-6-17(19(15)22)26-11-8-25(9-12-26)10-13-27(20(23)29)18-14-24-28-7-2-1-5-16(18)28/h1-7,14H,8-13H2,(H2,23,29). The average molecular weight is 433 g/mol. The van der Waals surface area contributed by atoms with Crippen LogP contribution in [-0.4, -0.2) is 59.8 Å². The Morgan fingerprint density at radius 3 is 2.66 bits per heavy atom. The lowest BCUT2D eigenvalue weighted by Gasteiger charge is -2.37. The van der Waals surface area contributed by atoms with Crippen LogP contribution in [0.1, 0.15) is 0 Å². The van der Waals surface area contributed by atoms with E-state index in [0.29, 0.717) is 16.6 Å². The lowest BCUT2D eigenvalue weighted by molar-refractivity contribution is 0.245. The van der Waals surface area contributed by atoms with Crippen molar-refractivity contribution in [2.45, 2.75) is 0 Å². The van der Waals surface area contributed by atoms with Crippen LogP contribution in [0.15, 0.2) is 48.8 Å². The summed E-state index contributed by atoms with van der Waals surface area (Å²) in [5, 5.41) is 5.46. The molecule has 0 saturated carbocycles. The number of nitrogens with zero attached hydrogens (tertiary/aromatic N) is 5. The molecule has 0 bridgehead atoms. The topological polar surface area (TPSA) is 70.1 Å². The number of primary amides is 1. The van der Waals surface area contributed by atoms with Crippen LogP contribution in [0, 0.1) is 0 Å². The van der Waals surface area contributed by atoms with Gasteiger partial charge in [-0.1, -0.05) is 35.3 Å². The number of pyridine rings is 1. The number of hydrogen-bond acceptors (Lipinski definition) is 4. The molecule has 1 fully saturated rings. The third-order valence-electron chi connectivity index (χ3n) is 5.25. The number of anilines is 2. The summed E-state index contributed by atoms with van der Waals surface area (Å²) in [7, 11) is 0. The van der Waals surface area contributed by atoms with E-state index >= 15 is 0 Å². The molecular formula is C20H22Cl2N6O. The second-order valence-electron chi connectivity index (χ2n) is 6.95. The highest BCUT2D eigenvalue weighted by atomic mass is 35.5. The zero-order valence-electron chi connectivity index (χ0n) is 15.8. The molecular weight excluding hydrogens is 411 g/mol. The Balaban J connectivity index is 1.39. The maximum absolute atomic E-state index is 12.1. The van der Waals surface area contributed by atoms with Crippen molar-refractivity contribution < 1.29 is 4.79 Å². The monoisotopic (exact) mass is 432 g/mol. The van der Waals surface area contributed by atoms with Crippen LogP contribution >= 0.6 is 23.2 Å². The van der Waals surface area contributed by atoms with E-state index in [0.717, 1.165) is 49.6 Å². The minimum atomic E-state index is -0.479. The predicted molar refractivity (Wildman–Crippen MR) is 117 cm³/mol. The summed E-state index contributed by atoms with van der Waals surface area (Å²) in [4.78, 5) is 18.2. The number of aromatic nitrogens is 2. The minimum Gasteiger partial charge on any atom is -0.368 e. The Hall–Kier alpha value is -2.48. The summed E-state index contributed by atoms with van der Waals surface area (Å²) < 4.78 is 1.73. The molecule has 7 nitrogen and oxygen atoms in total. The van der Waals surface area contributed by atoms with Crippen LogP contribution in [0.3, 0.4) is 0 Å². The first kappa shape index (κ1) is 19.8. The average Bonchev–Trinajstić information content (AvgIpc) is 3.15. The van der Waals surface area contributed by atoms with E-state index in [1.54, 1.807) is 21.7 Å². The van der Waals surface area contributed by atoms with Crippen molar-refractivity contribution in [1.82, 2.24) is 14.5 Å². The number of benzene rings is 1. The van der Waals surface area contributed by atoms with Gasteiger partial charge in [0.2, 0.25) is 0 Å². The van der Waals surface area contributed by atoms with Crippen molar-refractivity contribution in [2.75, 3.05) is 49.1 Å². The molecule has 4 rings (SSSR count). The summed E-state index contributed by atoms with van der Waals surface area (Å²) >= 11 is 12.5. The molecule has 1 aliphatic rings. The van der Waals surface area contributed by atoms with Crippen molar-refractivity contribution >= 4 is 46.1 Å². The third-order valence-corrected chi connectivity index (χ3v) is 6.06. The molecule has 0 aliphatic carbocycles. The number of amides is 2. The van der Waals surface area contributed by atoms with Crippen molar-refractivity contribution in [1.29, 1.82) is 0 Å². The van der Waals surface area contributed by atoms with Gasteiger partial charge in [0.15, 0.2) is 0 Å². The maximum Gasteiger partial charge on any atom is 0.319 e. The van der Waals surface area contributed by atoms with Crippen LogP contribution in [0.2, 0.25) is 10.0 Å². The van der Waals surface area contributed by atoms with E-state index in [-0.39, 0.29) is 0 Å². The van der Waals surface area contributed by atoms with E-state index in [1.807, 2.05) is 36.5 Å². The predicted octanol–water partition coefficient (Wildman–Crippen LogP) is 3.35. The Bertz CT molecular complexity index is 1020. The number of urea groups is 1. The number of hydrogen-bond donors (Lipinski definition) is 1. The Morgan fingerprint density at radius 2 is 1.90 bits per heavy atom. The Morgan fingerprint density at radius 1 is 1.10 bits per heavy atom. The first-order valence-corrected chi connectivity index (χ1v) is 10.2. The Labute approximate surface area is 179 Å². The first-order chi connectivity index (χ1) is 14.0. The molecule has 3 aromatic rings. The van der Waals surface area contributed by atoms with Crippen molar-refractivity contribution in [3.63, 3.8) is 0 Å². The van der Waals surface area contributed by atoms with Crippen molar-refractivity contribution in [2.24, 2.45) is 5.73 Å². The van der Waals surface area contributed by atoms with Crippen LogP contribution in [0.4, 0.5) is 16.2 Å². The van der Waals surface area contributed by atoms with Crippen LogP contribution < -0.4 is 15.5 Å².